The van der Waals surface area contributed by atoms with E-state index in [9.17, 15) is 9.59 Å². The van der Waals surface area contributed by atoms with Crippen LogP contribution in [0.1, 0.15) is 127 Å². The Morgan fingerprint density at radius 2 is 1.28 bits per heavy atom. The summed E-state index contributed by atoms with van der Waals surface area (Å²) in [5.74, 6) is 0.841. The zero-order valence-corrected chi connectivity index (χ0v) is 23.3. The Morgan fingerprint density at radius 1 is 0.778 bits per heavy atom. The second kappa shape index (κ2) is 19.1. The molecule has 1 fully saturated rings. The van der Waals surface area contributed by atoms with Gasteiger partial charge in [0.1, 0.15) is 0 Å². The van der Waals surface area contributed by atoms with Crippen molar-refractivity contribution in [2.75, 3.05) is 31.5 Å². The van der Waals surface area contributed by atoms with Gasteiger partial charge < -0.3 is 15.5 Å². The zero-order valence-electron chi connectivity index (χ0n) is 23.3. The minimum atomic E-state index is 0.0206. The molecule has 0 aliphatic carbocycles. The van der Waals surface area contributed by atoms with Crippen molar-refractivity contribution in [1.29, 1.82) is 0 Å². The number of nitrogens with one attached hydrogen (secondary N) is 2. The molecule has 1 heterocycles. The first-order valence-electron chi connectivity index (χ1n) is 15.0. The number of likely N-dealkylation sites (tertiary alicyclic amines) is 1. The monoisotopic (exact) mass is 499 g/mol. The molecule has 1 aromatic rings. The lowest BCUT2D eigenvalue weighted by Crippen LogP contribution is -2.37. The number of piperidine rings is 1. The molecule has 204 valence electrons. The van der Waals surface area contributed by atoms with Crippen LogP contribution in [0.25, 0.3) is 0 Å². The summed E-state index contributed by atoms with van der Waals surface area (Å²) in [4.78, 5) is 26.7. The summed E-state index contributed by atoms with van der Waals surface area (Å²) in [6.45, 7) is 7.23. The van der Waals surface area contributed by atoms with Crippen LogP contribution in [0.5, 0.6) is 0 Å². The van der Waals surface area contributed by atoms with E-state index in [2.05, 4.69) is 24.5 Å². The minimum Gasteiger partial charge on any atom is -0.376 e. The lowest BCUT2D eigenvalue weighted by molar-refractivity contribution is -0.119. The average Bonchev–Trinajstić information content (AvgIpc) is 2.90. The fourth-order valence-electron chi connectivity index (χ4n) is 4.92. The van der Waals surface area contributed by atoms with Crippen molar-refractivity contribution in [3.63, 3.8) is 0 Å². The molecule has 2 N–H and O–H groups in total. The molecule has 0 unspecified atom stereocenters. The highest BCUT2D eigenvalue weighted by Crippen LogP contribution is 2.19. The smallest absolute Gasteiger partial charge is 0.253 e. The molecule has 1 aliphatic heterocycles. The number of hydrogen-bond donors (Lipinski definition) is 2. The highest BCUT2D eigenvalue weighted by Gasteiger charge is 2.21. The second-order valence-corrected chi connectivity index (χ2v) is 10.9. The van der Waals surface area contributed by atoms with E-state index in [4.69, 9.17) is 0 Å². The standard InChI is InChI=1S/C31H53N3O2/c1-3-4-5-6-7-8-9-10-11-12-13-14-15-16-23-32-30(35)26-33-29-19-17-28(18-20-29)31(36)34-24-21-27(2)22-25-34/h17-20,27,33H,3-16,21-26H2,1-2H3,(H,32,35). The molecule has 36 heavy (non-hydrogen) atoms. The Kier molecular flexibility index (Phi) is 16.0. The van der Waals surface area contributed by atoms with E-state index in [1.807, 2.05) is 29.2 Å². The van der Waals surface area contributed by atoms with Gasteiger partial charge in [0.15, 0.2) is 0 Å². The maximum absolute atomic E-state index is 12.6. The molecule has 1 saturated heterocycles. The number of anilines is 1. The molecule has 0 aromatic heterocycles. The SMILES string of the molecule is CCCCCCCCCCCCCCCCNC(=O)CNc1ccc(C(=O)N2CCC(C)CC2)cc1. The fraction of sp³-hybridized carbons (Fsp3) is 0.742. The Balaban J connectivity index is 1.42. The first-order chi connectivity index (χ1) is 17.6. The number of rotatable bonds is 19. The fourth-order valence-corrected chi connectivity index (χ4v) is 4.92. The third kappa shape index (κ3) is 13.3. The zero-order chi connectivity index (χ0) is 25.8. The molecule has 5 heteroatoms. The lowest BCUT2D eigenvalue weighted by Gasteiger charge is -2.30. The van der Waals surface area contributed by atoms with Gasteiger partial charge in [0, 0.05) is 30.9 Å². The van der Waals surface area contributed by atoms with E-state index < -0.39 is 0 Å². The van der Waals surface area contributed by atoms with Crippen molar-refractivity contribution < 1.29 is 9.59 Å². The van der Waals surface area contributed by atoms with E-state index in [1.165, 1.54) is 83.5 Å². The Bertz CT molecular complexity index is 711. The van der Waals surface area contributed by atoms with Gasteiger partial charge in [-0.2, -0.15) is 0 Å². The lowest BCUT2D eigenvalue weighted by atomic mass is 9.98. The minimum absolute atomic E-state index is 0.0206. The third-order valence-corrected chi connectivity index (χ3v) is 7.51. The normalized spacial score (nSPS) is 14.1. The van der Waals surface area contributed by atoms with Crippen molar-refractivity contribution in [3.8, 4) is 0 Å². The van der Waals surface area contributed by atoms with Crippen LogP contribution in [0.2, 0.25) is 0 Å². The van der Waals surface area contributed by atoms with Gasteiger partial charge in [-0.3, -0.25) is 9.59 Å². The molecule has 1 aliphatic rings. The Labute approximate surface area is 221 Å². The van der Waals surface area contributed by atoms with Crippen LogP contribution in [0.4, 0.5) is 5.69 Å². The summed E-state index contributed by atoms with van der Waals surface area (Å²) in [6, 6.07) is 7.49. The summed E-state index contributed by atoms with van der Waals surface area (Å²) in [5.41, 5.74) is 1.59. The molecule has 5 nitrogen and oxygen atoms in total. The summed E-state index contributed by atoms with van der Waals surface area (Å²) in [6.07, 6.45) is 21.0. The molecular weight excluding hydrogens is 446 g/mol. The number of amides is 2. The van der Waals surface area contributed by atoms with Crippen LogP contribution in [0.15, 0.2) is 24.3 Å². The van der Waals surface area contributed by atoms with E-state index in [1.54, 1.807) is 0 Å². The largest absolute Gasteiger partial charge is 0.376 e. The third-order valence-electron chi connectivity index (χ3n) is 7.51. The van der Waals surface area contributed by atoms with Gasteiger partial charge in [-0.05, 0) is 49.4 Å². The molecule has 0 saturated carbocycles. The maximum atomic E-state index is 12.6. The van der Waals surface area contributed by atoms with Crippen molar-refractivity contribution in [2.24, 2.45) is 5.92 Å². The molecule has 2 rings (SSSR count). The summed E-state index contributed by atoms with van der Waals surface area (Å²) < 4.78 is 0. The Morgan fingerprint density at radius 3 is 1.81 bits per heavy atom. The molecule has 0 bridgehead atoms. The number of hydrogen-bond acceptors (Lipinski definition) is 3. The topological polar surface area (TPSA) is 61.4 Å². The number of benzene rings is 1. The summed E-state index contributed by atoms with van der Waals surface area (Å²) in [7, 11) is 0. The van der Waals surface area contributed by atoms with Crippen LogP contribution < -0.4 is 10.6 Å². The van der Waals surface area contributed by atoms with Crippen LogP contribution in [-0.4, -0.2) is 42.9 Å². The molecule has 0 spiro atoms. The Hall–Kier alpha value is -2.04. The van der Waals surface area contributed by atoms with Crippen LogP contribution in [0.3, 0.4) is 0 Å². The van der Waals surface area contributed by atoms with Crippen LogP contribution in [-0.2, 0) is 4.79 Å². The van der Waals surface area contributed by atoms with Gasteiger partial charge in [-0.15, -0.1) is 0 Å². The predicted octanol–water partition coefficient (Wildman–Crippen LogP) is 7.57. The van der Waals surface area contributed by atoms with Gasteiger partial charge in [0.05, 0.1) is 6.54 Å². The van der Waals surface area contributed by atoms with Gasteiger partial charge in [-0.25, -0.2) is 0 Å². The number of unbranched alkanes of at least 4 members (excludes halogenated alkanes) is 13. The first kappa shape index (κ1) is 30.2. The predicted molar refractivity (Wildman–Crippen MR) is 153 cm³/mol. The molecule has 2 amide bonds. The van der Waals surface area contributed by atoms with Crippen LogP contribution in [0, 0.1) is 5.92 Å². The number of carbonyl (C=O) groups is 2. The van der Waals surface area contributed by atoms with E-state index >= 15 is 0 Å². The molecule has 0 radical (unpaired) electrons. The van der Waals surface area contributed by atoms with Crippen molar-refractivity contribution >= 4 is 17.5 Å². The van der Waals surface area contributed by atoms with Gasteiger partial charge in [0.2, 0.25) is 5.91 Å². The molecule has 1 aromatic carbocycles. The van der Waals surface area contributed by atoms with Gasteiger partial charge >= 0.3 is 0 Å². The summed E-state index contributed by atoms with van der Waals surface area (Å²) >= 11 is 0. The number of carbonyl (C=O) groups excluding carboxylic acids is 2. The van der Waals surface area contributed by atoms with Crippen molar-refractivity contribution in [1.82, 2.24) is 10.2 Å². The van der Waals surface area contributed by atoms with Crippen LogP contribution >= 0.6 is 0 Å². The summed E-state index contributed by atoms with van der Waals surface area (Å²) in [5, 5.41) is 6.17. The maximum Gasteiger partial charge on any atom is 0.253 e. The number of nitrogens with zero attached hydrogens (tertiary/aromatic N) is 1. The van der Waals surface area contributed by atoms with E-state index in [-0.39, 0.29) is 18.4 Å². The second-order valence-electron chi connectivity index (χ2n) is 10.9. The molecule has 0 atom stereocenters. The van der Waals surface area contributed by atoms with Crippen molar-refractivity contribution in [3.05, 3.63) is 29.8 Å². The molecular formula is C31H53N3O2. The highest BCUT2D eigenvalue weighted by atomic mass is 16.2. The van der Waals surface area contributed by atoms with Gasteiger partial charge in [0.25, 0.3) is 5.91 Å². The van der Waals surface area contributed by atoms with E-state index in [0.29, 0.717) is 5.92 Å². The first-order valence-corrected chi connectivity index (χ1v) is 15.0. The van der Waals surface area contributed by atoms with Crippen molar-refractivity contribution in [2.45, 2.75) is 117 Å². The highest BCUT2D eigenvalue weighted by molar-refractivity contribution is 5.94. The van der Waals surface area contributed by atoms with Gasteiger partial charge in [-0.1, -0.05) is 97.3 Å². The van der Waals surface area contributed by atoms with E-state index in [0.717, 1.165) is 50.1 Å². The quantitative estimate of drug-likeness (QED) is 0.193. The average molecular weight is 500 g/mol.